The lowest BCUT2D eigenvalue weighted by molar-refractivity contribution is -0.894. The number of hydrogen-bond donors (Lipinski definition) is 0. The normalized spacial score (nSPS) is 21.3. The molecule has 0 aliphatic carbocycles. The lowest BCUT2D eigenvalue weighted by Crippen LogP contribution is -2.58. The van der Waals surface area contributed by atoms with Gasteiger partial charge in [-0.25, -0.2) is 0 Å². The molecule has 0 aromatic carbocycles. The van der Waals surface area contributed by atoms with Gasteiger partial charge < -0.3 is 9.38 Å². The van der Waals surface area contributed by atoms with Crippen molar-refractivity contribution in [3.63, 3.8) is 0 Å². The third kappa shape index (κ3) is 2.76. The van der Waals surface area contributed by atoms with Gasteiger partial charge in [-0.1, -0.05) is 27.7 Å². The standard InChI is InChI=1S/C13H27N2O/c1-11(2)13(3,4)12(16)14-7-9-15(5,6)10-8-14/h11H,7-10H2,1-6H3/q+1. The molecule has 0 radical (unpaired) electrons. The highest BCUT2D eigenvalue weighted by atomic mass is 16.2. The maximum Gasteiger partial charge on any atom is 0.228 e. The zero-order valence-electron chi connectivity index (χ0n) is 11.7. The third-order valence-electron chi connectivity index (χ3n) is 4.23. The van der Waals surface area contributed by atoms with Crippen molar-refractivity contribution in [1.29, 1.82) is 0 Å². The van der Waals surface area contributed by atoms with Gasteiger partial charge >= 0.3 is 0 Å². The lowest BCUT2D eigenvalue weighted by Gasteiger charge is -2.42. The molecule has 1 aliphatic heterocycles. The van der Waals surface area contributed by atoms with Crippen LogP contribution in [0.3, 0.4) is 0 Å². The van der Waals surface area contributed by atoms with Crippen molar-refractivity contribution >= 4 is 5.91 Å². The minimum Gasteiger partial charge on any atom is -0.331 e. The quantitative estimate of drug-likeness (QED) is 0.656. The van der Waals surface area contributed by atoms with E-state index in [1.165, 1.54) is 0 Å². The fourth-order valence-corrected chi connectivity index (χ4v) is 1.86. The van der Waals surface area contributed by atoms with Crippen molar-refractivity contribution in [3.05, 3.63) is 0 Å². The summed E-state index contributed by atoms with van der Waals surface area (Å²) in [6.07, 6.45) is 0. The van der Waals surface area contributed by atoms with Crippen LogP contribution in [-0.4, -0.2) is 55.6 Å². The average molecular weight is 227 g/mol. The Balaban J connectivity index is 2.64. The Morgan fingerprint density at radius 1 is 1.19 bits per heavy atom. The summed E-state index contributed by atoms with van der Waals surface area (Å²) < 4.78 is 1.03. The maximum atomic E-state index is 12.4. The van der Waals surface area contributed by atoms with Gasteiger partial charge in [-0.15, -0.1) is 0 Å². The van der Waals surface area contributed by atoms with Gasteiger partial charge in [-0.3, -0.25) is 4.79 Å². The number of likely N-dealkylation sites (N-methyl/N-ethyl adjacent to an activating group) is 1. The van der Waals surface area contributed by atoms with Gasteiger partial charge in [-0.05, 0) is 5.92 Å². The smallest absolute Gasteiger partial charge is 0.228 e. The Morgan fingerprint density at radius 3 is 2.00 bits per heavy atom. The van der Waals surface area contributed by atoms with Crippen molar-refractivity contribution in [2.45, 2.75) is 27.7 Å². The second-order valence-corrected chi connectivity index (χ2v) is 6.55. The maximum absolute atomic E-state index is 12.4. The molecule has 1 heterocycles. The molecule has 94 valence electrons. The summed E-state index contributed by atoms with van der Waals surface area (Å²) in [5, 5.41) is 0. The molecule has 1 aliphatic rings. The van der Waals surface area contributed by atoms with Gasteiger partial charge in [0.05, 0.1) is 40.3 Å². The molecule has 3 nitrogen and oxygen atoms in total. The predicted octanol–water partition coefficient (Wildman–Crippen LogP) is 1.59. The van der Waals surface area contributed by atoms with E-state index in [1.807, 2.05) is 4.90 Å². The molecule has 3 heteroatoms. The van der Waals surface area contributed by atoms with E-state index in [9.17, 15) is 4.79 Å². The van der Waals surface area contributed by atoms with Crippen LogP contribution in [0, 0.1) is 11.3 Å². The highest BCUT2D eigenvalue weighted by Crippen LogP contribution is 2.29. The molecule has 16 heavy (non-hydrogen) atoms. The van der Waals surface area contributed by atoms with Crippen LogP contribution in [0.2, 0.25) is 0 Å². The fraction of sp³-hybridized carbons (Fsp3) is 0.923. The molecule has 0 aromatic rings. The van der Waals surface area contributed by atoms with Crippen LogP contribution >= 0.6 is 0 Å². The van der Waals surface area contributed by atoms with Gasteiger partial charge in [0.2, 0.25) is 5.91 Å². The van der Waals surface area contributed by atoms with Gasteiger partial charge in [0, 0.05) is 5.41 Å². The Bertz CT molecular complexity index is 259. The van der Waals surface area contributed by atoms with Gasteiger partial charge in [-0.2, -0.15) is 0 Å². The van der Waals surface area contributed by atoms with E-state index in [1.54, 1.807) is 0 Å². The van der Waals surface area contributed by atoms with E-state index >= 15 is 0 Å². The highest BCUT2D eigenvalue weighted by molar-refractivity contribution is 5.82. The van der Waals surface area contributed by atoms with Crippen LogP contribution in [0.4, 0.5) is 0 Å². The zero-order chi connectivity index (χ0) is 12.6. The molecular weight excluding hydrogens is 200 g/mol. The number of carbonyl (C=O) groups excluding carboxylic acids is 1. The topological polar surface area (TPSA) is 20.3 Å². The minimum atomic E-state index is -0.228. The molecule has 0 bridgehead atoms. The van der Waals surface area contributed by atoms with E-state index in [0.29, 0.717) is 11.8 Å². The van der Waals surface area contributed by atoms with Gasteiger partial charge in [0.25, 0.3) is 0 Å². The Morgan fingerprint density at radius 2 is 1.62 bits per heavy atom. The fourth-order valence-electron chi connectivity index (χ4n) is 1.86. The van der Waals surface area contributed by atoms with Crippen LogP contribution in [0.25, 0.3) is 0 Å². The van der Waals surface area contributed by atoms with E-state index in [0.717, 1.165) is 30.7 Å². The van der Waals surface area contributed by atoms with E-state index in [2.05, 4.69) is 41.8 Å². The summed E-state index contributed by atoms with van der Waals surface area (Å²) in [5.74, 6) is 0.714. The first-order valence-electron chi connectivity index (χ1n) is 6.28. The Kier molecular flexibility index (Phi) is 3.68. The second kappa shape index (κ2) is 4.36. The van der Waals surface area contributed by atoms with Crippen LogP contribution in [0.1, 0.15) is 27.7 Å². The molecule has 0 N–H and O–H groups in total. The summed E-state index contributed by atoms with van der Waals surface area (Å²) in [7, 11) is 4.46. The molecular formula is C13H27N2O+. The lowest BCUT2D eigenvalue weighted by atomic mass is 9.79. The first kappa shape index (κ1) is 13.5. The highest BCUT2D eigenvalue weighted by Gasteiger charge is 2.37. The summed E-state index contributed by atoms with van der Waals surface area (Å²) >= 11 is 0. The molecule has 0 atom stereocenters. The van der Waals surface area contributed by atoms with Crippen molar-refractivity contribution < 1.29 is 9.28 Å². The largest absolute Gasteiger partial charge is 0.331 e. The number of piperazine rings is 1. The average Bonchev–Trinajstić information content (AvgIpc) is 2.16. The van der Waals surface area contributed by atoms with Crippen LogP contribution in [0.5, 0.6) is 0 Å². The van der Waals surface area contributed by atoms with E-state index in [-0.39, 0.29) is 5.41 Å². The first-order chi connectivity index (χ1) is 7.17. The van der Waals surface area contributed by atoms with Crippen molar-refractivity contribution in [1.82, 2.24) is 4.90 Å². The van der Waals surface area contributed by atoms with E-state index < -0.39 is 0 Å². The zero-order valence-corrected chi connectivity index (χ0v) is 11.7. The Hall–Kier alpha value is -0.570. The Labute approximate surface area is 100 Å². The molecule has 1 rings (SSSR count). The molecule has 0 saturated carbocycles. The number of quaternary nitrogens is 1. The number of carbonyl (C=O) groups is 1. The van der Waals surface area contributed by atoms with Crippen molar-refractivity contribution in [2.24, 2.45) is 11.3 Å². The summed E-state index contributed by atoms with van der Waals surface area (Å²) in [4.78, 5) is 14.4. The summed E-state index contributed by atoms with van der Waals surface area (Å²) in [5.41, 5.74) is -0.228. The van der Waals surface area contributed by atoms with Gasteiger partial charge in [0.1, 0.15) is 0 Å². The van der Waals surface area contributed by atoms with Crippen LogP contribution in [0.15, 0.2) is 0 Å². The van der Waals surface area contributed by atoms with Crippen molar-refractivity contribution in [2.75, 3.05) is 40.3 Å². The number of rotatable bonds is 2. The van der Waals surface area contributed by atoms with Crippen molar-refractivity contribution in [3.8, 4) is 0 Å². The van der Waals surface area contributed by atoms with E-state index in [4.69, 9.17) is 0 Å². The molecule has 0 unspecified atom stereocenters. The predicted molar refractivity (Wildman–Crippen MR) is 67.0 cm³/mol. The molecule has 0 spiro atoms. The molecule has 1 saturated heterocycles. The monoisotopic (exact) mass is 227 g/mol. The second-order valence-electron chi connectivity index (χ2n) is 6.55. The number of hydrogen-bond acceptors (Lipinski definition) is 1. The van der Waals surface area contributed by atoms with Crippen LogP contribution < -0.4 is 0 Å². The summed E-state index contributed by atoms with van der Waals surface area (Å²) in [6.45, 7) is 12.3. The number of amides is 1. The minimum absolute atomic E-state index is 0.228. The molecule has 1 amide bonds. The van der Waals surface area contributed by atoms with Crippen LogP contribution in [-0.2, 0) is 4.79 Å². The molecule has 1 fully saturated rings. The number of nitrogens with zero attached hydrogens (tertiary/aromatic N) is 2. The summed E-state index contributed by atoms with van der Waals surface area (Å²) in [6, 6.07) is 0. The third-order valence-corrected chi connectivity index (χ3v) is 4.23. The SMILES string of the molecule is CC(C)C(C)(C)C(=O)N1CC[N+](C)(C)CC1. The molecule has 0 aromatic heterocycles. The first-order valence-corrected chi connectivity index (χ1v) is 6.28. The van der Waals surface area contributed by atoms with Gasteiger partial charge in [0.15, 0.2) is 0 Å².